The van der Waals surface area contributed by atoms with Crippen LogP contribution in [0, 0.1) is 6.92 Å². The fourth-order valence-corrected chi connectivity index (χ4v) is 8.46. The fourth-order valence-electron chi connectivity index (χ4n) is 4.78. The largest absolute Gasteiger partial charge is 0.365 e. The Morgan fingerprint density at radius 3 is 2.70 bits per heavy atom. The first-order chi connectivity index (χ1) is 15.8. The molecule has 33 heavy (non-hydrogen) atoms. The Morgan fingerprint density at radius 1 is 1.12 bits per heavy atom. The van der Waals surface area contributed by atoms with Crippen LogP contribution >= 0.6 is 11.8 Å². The van der Waals surface area contributed by atoms with Gasteiger partial charge in [0.05, 0.1) is 17.5 Å². The first kappa shape index (κ1) is 22.3. The Kier molecular flexibility index (Phi) is 5.86. The molecule has 1 N–H and O–H groups in total. The summed E-state index contributed by atoms with van der Waals surface area (Å²) in [5.74, 6) is 0.335. The van der Waals surface area contributed by atoms with E-state index in [2.05, 4.69) is 53.3 Å². The molecule has 9 heteroatoms. The van der Waals surface area contributed by atoms with Gasteiger partial charge in [0.2, 0.25) is 0 Å². The summed E-state index contributed by atoms with van der Waals surface area (Å²) < 4.78 is 23.5. The minimum atomic E-state index is -2.97. The van der Waals surface area contributed by atoms with Crippen LogP contribution in [0.1, 0.15) is 22.8 Å². The molecule has 3 aliphatic heterocycles. The Balaban J connectivity index is 1.24. The quantitative estimate of drug-likeness (QED) is 0.721. The third kappa shape index (κ3) is 4.75. The molecule has 0 aliphatic carbocycles. The Labute approximate surface area is 199 Å². The van der Waals surface area contributed by atoms with Gasteiger partial charge in [-0.25, -0.2) is 8.42 Å². The van der Waals surface area contributed by atoms with Gasteiger partial charge in [-0.2, -0.15) is 0 Å². The van der Waals surface area contributed by atoms with Crippen molar-refractivity contribution in [1.29, 1.82) is 0 Å². The van der Waals surface area contributed by atoms with Gasteiger partial charge in [-0.3, -0.25) is 9.79 Å². The number of amides is 1. The molecule has 0 spiro atoms. The third-order valence-corrected chi connectivity index (χ3v) is 9.57. The number of thioether (sulfide) groups is 1. The summed E-state index contributed by atoms with van der Waals surface area (Å²) in [6.45, 7) is 6.40. The van der Waals surface area contributed by atoms with Gasteiger partial charge in [0.15, 0.2) is 15.0 Å². The number of hydrogen-bond donors (Lipinski definition) is 1. The van der Waals surface area contributed by atoms with Gasteiger partial charge >= 0.3 is 0 Å². The van der Waals surface area contributed by atoms with Gasteiger partial charge in [-0.15, -0.1) is 0 Å². The number of fused-ring (bicyclic) bond motifs is 1. The van der Waals surface area contributed by atoms with Crippen molar-refractivity contribution >= 4 is 44.0 Å². The Hall–Kier alpha value is -2.52. The standard InChI is InChI=1S/C24H28N4O3S2/c1-16-5-3-8-20(11-16)28-10-9-27(13-17(28)2)23(29)18-6-4-7-19(12-18)25-24-26-21-14-33(30,31)15-22(21)32-24/h3-8,11-12,17,21-22H,9-10,13-15H2,1-2H3,(H,25,26)/t17?,21-,22+/m1/s1. The maximum atomic E-state index is 13.2. The van der Waals surface area contributed by atoms with Crippen LogP contribution in [0.3, 0.4) is 0 Å². The lowest BCUT2D eigenvalue weighted by Gasteiger charge is -2.41. The summed E-state index contributed by atoms with van der Waals surface area (Å²) in [6.07, 6.45) is 0. The molecule has 1 unspecified atom stereocenters. The molecule has 7 nitrogen and oxygen atoms in total. The molecule has 0 saturated carbocycles. The van der Waals surface area contributed by atoms with E-state index in [4.69, 9.17) is 0 Å². The summed E-state index contributed by atoms with van der Waals surface area (Å²) >= 11 is 1.48. The van der Waals surface area contributed by atoms with E-state index in [1.807, 2.05) is 29.2 Å². The lowest BCUT2D eigenvalue weighted by atomic mass is 10.1. The Bertz CT molecular complexity index is 1210. The predicted molar refractivity (Wildman–Crippen MR) is 135 cm³/mol. The number of rotatable bonds is 3. The lowest BCUT2D eigenvalue weighted by Crippen LogP contribution is -2.53. The molecule has 0 radical (unpaired) electrons. The molecule has 1 amide bonds. The highest BCUT2D eigenvalue weighted by atomic mass is 32.2. The fraction of sp³-hybridized carbons (Fsp3) is 0.417. The van der Waals surface area contributed by atoms with Crippen molar-refractivity contribution in [1.82, 2.24) is 4.90 Å². The topological polar surface area (TPSA) is 82.1 Å². The van der Waals surface area contributed by atoms with Gasteiger partial charge in [0, 0.05) is 47.9 Å². The molecule has 3 aliphatic rings. The number of amidine groups is 1. The average molecular weight is 485 g/mol. The van der Waals surface area contributed by atoms with E-state index in [1.54, 1.807) is 0 Å². The molecule has 0 bridgehead atoms. The summed E-state index contributed by atoms with van der Waals surface area (Å²) in [6, 6.07) is 16.0. The molecular weight excluding hydrogens is 456 g/mol. The van der Waals surface area contributed by atoms with Gasteiger partial charge in [-0.05, 0) is 49.7 Å². The highest BCUT2D eigenvalue weighted by molar-refractivity contribution is 8.15. The number of sulfone groups is 1. The maximum absolute atomic E-state index is 13.2. The Morgan fingerprint density at radius 2 is 1.94 bits per heavy atom. The third-order valence-electron chi connectivity index (χ3n) is 6.43. The highest BCUT2D eigenvalue weighted by Crippen LogP contribution is 2.34. The number of aliphatic imine (C=N–C) groups is 1. The first-order valence-electron chi connectivity index (χ1n) is 11.2. The number of hydrogen-bond acceptors (Lipinski definition) is 7. The van der Waals surface area contributed by atoms with Crippen molar-refractivity contribution in [3.63, 3.8) is 0 Å². The predicted octanol–water partition coefficient (Wildman–Crippen LogP) is 3.03. The van der Waals surface area contributed by atoms with E-state index < -0.39 is 9.84 Å². The van der Waals surface area contributed by atoms with Crippen LogP contribution < -0.4 is 10.2 Å². The van der Waals surface area contributed by atoms with Crippen LogP contribution in [-0.4, -0.2) is 72.9 Å². The van der Waals surface area contributed by atoms with E-state index in [-0.39, 0.29) is 34.7 Å². The first-order valence-corrected chi connectivity index (χ1v) is 13.9. The summed E-state index contributed by atoms with van der Waals surface area (Å²) in [5, 5.41) is 4.00. The summed E-state index contributed by atoms with van der Waals surface area (Å²) in [7, 11) is -2.97. The van der Waals surface area contributed by atoms with Crippen molar-refractivity contribution in [2.75, 3.05) is 41.4 Å². The van der Waals surface area contributed by atoms with E-state index >= 15 is 0 Å². The monoisotopic (exact) mass is 484 g/mol. The van der Waals surface area contributed by atoms with Gasteiger partial charge in [0.1, 0.15) is 0 Å². The van der Waals surface area contributed by atoms with Crippen LogP contribution in [-0.2, 0) is 9.84 Å². The zero-order chi connectivity index (χ0) is 23.2. The molecule has 0 aromatic heterocycles. The van der Waals surface area contributed by atoms with Crippen LogP contribution in [0.15, 0.2) is 53.5 Å². The number of carbonyl (C=O) groups excluding carboxylic acids is 1. The number of benzene rings is 2. The summed E-state index contributed by atoms with van der Waals surface area (Å²) in [4.78, 5) is 22.1. The lowest BCUT2D eigenvalue weighted by molar-refractivity contribution is 0.0726. The average Bonchev–Trinajstić information content (AvgIpc) is 3.25. The molecule has 2 fully saturated rings. The second-order valence-electron chi connectivity index (χ2n) is 9.07. The molecule has 2 aromatic carbocycles. The maximum Gasteiger partial charge on any atom is 0.254 e. The molecule has 3 heterocycles. The van der Waals surface area contributed by atoms with Gasteiger partial charge in [0.25, 0.3) is 5.91 Å². The van der Waals surface area contributed by atoms with Crippen molar-refractivity contribution in [2.24, 2.45) is 4.99 Å². The number of nitrogens with one attached hydrogen (secondary N) is 1. The van der Waals surface area contributed by atoms with Crippen molar-refractivity contribution < 1.29 is 13.2 Å². The van der Waals surface area contributed by atoms with E-state index in [0.29, 0.717) is 18.7 Å². The number of nitrogens with zero attached hydrogens (tertiary/aromatic N) is 3. The van der Waals surface area contributed by atoms with E-state index in [0.717, 1.165) is 17.4 Å². The molecule has 174 valence electrons. The smallest absolute Gasteiger partial charge is 0.254 e. The zero-order valence-electron chi connectivity index (χ0n) is 18.8. The molecule has 5 rings (SSSR count). The van der Waals surface area contributed by atoms with Crippen molar-refractivity contribution in [2.45, 2.75) is 31.2 Å². The van der Waals surface area contributed by atoms with Crippen LogP contribution in [0.4, 0.5) is 11.4 Å². The summed E-state index contributed by atoms with van der Waals surface area (Å²) in [5.41, 5.74) is 3.87. The second kappa shape index (κ2) is 8.68. The van der Waals surface area contributed by atoms with E-state index in [9.17, 15) is 13.2 Å². The SMILES string of the molecule is Cc1cccc(N2CCN(C(=O)c3cccc(NC4=N[C@@H]5CS(=O)(=O)C[C@@H]5S4)c3)CC2C)c1. The van der Waals surface area contributed by atoms with Gasteiger partial charge < -0.3 is 15.1 Å². The van der Waals surface area contributed by atoms with Crippen molar-refractivity contribution in [3.05, 3.63) is 59.7 Å². The normalized spacial score (nSPS) is 26.1. The molecule has 2 saturated heterocycles. The molecular formula is C24H28N4O3S2. The molecule has 2 aromatic rings. The number of anilines is 2. The minimum absolute atomic E-state index is 0.00602. The van der Waals surface area contributed by atoms with Crippen LogP contribution in [0.2, 0.25) is 0 Å². The number of carbonyl (C=O) groups is 1. The molecule has 3 atom stereocenters. The van der Waals surface area contributed by atoms with Crippen molar-refractivity contribution in [3.8, 4) is 0 Å². The zero-order valence-corrected chi connectivity index (χ0v) is 20.4. The minimum Gasteiger partial charge on any atom is -0.365 e. The number of aryl methyl sites for hydroxylation is 1. The second-order valence-corrected chi connectivity index (χ2v) is 12.5. The van der Waals surface area contributed by atoms with Crippen LogP contribution in [0.5, 0.6) is 0 Å². The highest BCUT2D eigenvalue weighted by Gasteiger charge is 2.42. The van der Waals surface area contributed by atoms with Crippen LogP contribution in [0.25, 0.3) is 0 Å². The number of piperazine rings is 1. The van der Waals surface area contributed by atoms with Gasteiger partial charge in [-0.1, -0.05) is 30.0 Å². The van der Waals surface area contributed by atoms with E-state index in [1.165, 1.54) is 23.0 Å².